The third-order valence-corrected chi connectivity index (χ3v) is 7.16. The molecule has 0 fully saturated rings. The Morgan fingerprint density at radius 1 is 1.32 bits per heavy atom. The number of esters is 1. The number of nitrogens with one attached hydrogen (secondary N) is 1. The van der Waals surface area contributed by atoms with E-state index in [1.807, 2.05) is 0 Å². The quantitative estimate of drug-likeness (QED) is 0.266. The molecule has 2 unspecified atom stereocenters. The number of amidine groups is 1. The van der Waals surface area contributed by atoms with Crippen LogP contribution >= 0.6 is 22.9 Å². The van der Waals surface area contributed by atoms with E-state index < -0.39 is 40.5 Å². The van der Waals surface area contributed by atoms with E-state index in [-0.39, 0.29) is 42.3 Å². The van der Waals surface area contributed by atoms with Crippen LogP contribution < -0.4 is 29.3 Å². The van der Waals surface area contributed by atoms with Gasteiger partial charge in [-0.05, 0) is 18.9 Å². The van der Waals surface area contributed by atoms with Gasteiger partial charge in [-0.15, -0.1) is 11.3 Å². The number of carbonyl (C=O) groups excluding carboxylic acids is 2. The Bertz CT molecular complexity index is 1440. The minimum absolute atomic E-state index is 0. The first-order valence-corrected chi connectivity index (χ1v) is 11.9. The van der Waals surface area contributed by atoms with Gasteiger partial charge in [-0.1, -0.05) is 17.7 Å². The van der Waals surface area contributed by atoms with Crippen LogP contribution in [0.1, 0.15) is 45.2 Å². The van der Waals surface area contributed by atoms with Crippen molar-refractivity contribution in [2.45, 2.75) is 25.3 Å². The van der Waals surface area contributed by atoms with Gasteiger partial charge in [0.2, 0.25) is 5.89 Å². The van der Waals surface area contributed by atoms with Crippen LogP contribution in [0.2, 0.25) is 5.02 Å². The SMILES string of the molecule is COC(=O)C1=C(C2CCc3nc(C(=O)[O-])oc3C2)NC(c2nccs2)=NC1c1ccc(F)c(F)c1Cl.[Li+]. The summed E-state index contributed by atoms with van der Waals surface area (Å²) >= 11 is 7.46. The van der Waals surface area contributed by atoms with Crippen molar-refractivity contribution in [1.29, 1.82) is 0 Å². The molecule has 1 aliphatic heterocycles. The average molecular weight is 541 g/mol. The monoisotopic (exact) mass is 540 g/mol. The predicted molar refractivity (Wildman–Crippen MR) is 121 cm³/mol. The zero-order valence-electron chi connectivity index (χ0n) is 19.5. The predicted octanol–water partition coefficient (Wildman–Crippen LogP) is -0.247. The molecule has 0 amide bonds. The fourth-order valence-electron chi connectivity index (χ4n) is 4.36. The number of rotatable bonds is 5. The van der Waals surface area contributed by atoms with Gasteiger partial charge in [0, 0.05) is 35.2 Å². The third kappa shape index (κ3) is 4.94. The van der Waals surface area contributed by atoms with E-state index in [4.69, 9.17) is 20.8 Å². The first kappa shape index (κ1) is 27.0. The molecule has 5 rings (SSSR count). The Hall–Kier alpha value is -3.04. The van der Waals surface area contributed by atoms with Crippen LogP contribution in [0.3, 0.4) is 0 Å². The summed E-state index contributed by atoms with van der Waals surface area (Å²) in [6, 6.07) is 1.04. The first-order chi connectivity index (χ1) is 17.3. The van der Waals surface area contributed by atoms with Gasteiger partial charge < -0.3 is 24.4 Å². The fourth-order valence-corrected chi connectivity index (χ4v) is 5.20. The van der Waals surface area contributed by atoms with Gasteiger partial charge in [0.1, 0.15) is 17.8 Å². The molecule has 2 atom stereocenters. The molecule has 0 radical (unpaired) electrons. The average Bonchev–Trinajstić information content (AvgIpc) is 3.56. The van der Waals surface area contributed by atoms with Crippen LogP contribution in [0.15, 0.2) is 44.4 Å². The number of ether oxygens (including phenoxy) is 1. The van der Waals surface area contributed by atoms with Gasteiger partial charge in [0.25, 0.3) is 0 Å². The van der Waals surface area contributed by atoms with Crippen LogP contribution in [0.5, 0.6) is 0 Å². The van der Waals surface area contributed by atoms with Crippen molar-refractivity contribution in [3.8, 4) is 0 Å². The smallest absolute Gasteiger partial charge is 0.540 e. The molecule has 9 nitrogen and oxygen atoms in total. The number of hydrogen-bond acceptors (Lipinski definition) is 10. The number of hydrogen-bond donors (Lipinski definition) is 1. The van der Waals surface area contributed by atoms with Gasteiger partial charge in [0.05, 0.1) is 23.4 Å². The standard InChI is InChI=1S/C23H17ClF2N4O5S.Li/c1-34-23(33)14-17(9-2-5-12-13(8-9)35-20(28-12)22(31)32)29-19(21-27-6-7-36-21)30-18(14)10-3-4-11(25)16(26)15(10)24;/h3-4,6-7,9,18H,2,5,8H2,1H3,(H,29,30)(H,31,32);/q;+1/p-1. The van der Waals surface area contributed by atoms with Crippen molar-refractivity contribution in [2.75, 3.05) is 7.11 Å². The maximum absolute atomic E-state index is 14.4. The topological polar surface area (TPSA) is 130 Å². The first-order valence-electron chi connectivity index (χ1n) is 10.7. The Labute approximate surface area is 229 Å². The zero-order valence-corrected chi connectivity index (χ0v) is 21.1. The Morgan fingerprint density at radius 2 is 2.11 bits per heavy atom. The van der Waals surface area contributed by atoms with E-state index in [9.17, 15) is 23.5 Å². The number of aromatic carboxylic acids is 1. The largest absolute Gasteiger partial charge is 1.00 e. The molecular formula is C23H16ClF2LiN4O5S. The number of nitrogens with zero attached hydrogens (tertiary/aromatic N) is 3. The molecule has 3 aromatic rings. The van der Waals surface area contributed by atoms with Crippen LogP contribution in [-0.4, -0.2) is 34.9 Å². The van der Waals surface area contributed by atoms with E-state index in [2.05, 4.69) is 20.3 Å². The molecule has 0 bridgehead atoms. The number of halogens is 3. The Kier molecular flexibility index (Phi) is 7.85. The van der Waals surface area contributed by atoms with Crippen LogP contribution in [0.25, 0.3) is 0 Å². The van der Waals surface area contributed by atoms with Gasteiger partial charge in [-0.2, -0.15) is 0 Å². The molecule has 0 spiro atoms. The number of fused-ring (bicyclic) bond motifs is 1. The number of carbonyl (C=O) groups is 2. The van der Waals surface area contributed by atoms with Gasteiger partial charge in [0.15, 0.2) is 22.5 Å². The third-order valence-electron chi connectivity index (χ3n) is 6.00. The maximum atomic E-state index is 14.4. The summed E-state index contributed by atoms with van der Waals surface area (Å²) in [4.78, 5) is 37.1. The number of oxazole rings is 1. The number of carboxylic acids is 1. The molecule has 2 aliphatic rings. The van der Waals surface area contributed by atoms with Crippen molar-refractivity contribution >= 4 is 40.7 Å². The number of aryl methyl sites for hydroxylation is 1. The minimum Gasteiger partial charge on any atom is -0.540 e. The second kappa shape index (κ2) is 10.7. The number of carboxylic acid groups (broad SMARTS) is 1. The molecule has 14 heteroatoms. The zero-order chi connectivity index (χ0) is 25.6. The number of aliphatic imine (C=N–C) groups is 1. The van der Waals surface area contributed by atoms with Crippen molar-refractivity contribution in [3.05, 3.63) is 79.6 Å². The van der Waals surface area contributed by atoms with Crippen molar-refractivity contribution < 1.29 is 51.5 Å². The van der Waals surface area contributed by atoms with Crippen LogP contribution in [-0.2, 0) is 22.4 Å². The van der Waals surface area contributed by atoms with Crippen LogP contribution in [0, 0.1) is 17.6 Å². The van der Waals surface area contributed by atoms with E-state index in [1.54, 1.807) is 11.6 Å². The summed E-state index contributed by atoms with van der Waals surface area (Å²) in [5.41, 5.74) is 1.03. The summed E-state index contributed by atoms with van der Waals surface area (Å²) in [6.07, 6.45) is 2.63. The summed E-state index contributed by atoms with van der Waals surface area (Å²) < 4.78 is 38.7. The fraction of sp³-hybridized carbons (Fsp3) is 0.261. The molecule has 0 saturated heterocycles. The van der Waals surface area contributed by atoms with Crippen LogP contribution in [0.4, 0.5) is 8.78 Å². The number of methoxy groups -OCH3 is 1. The van der Waals surface area contributed by atoms with Crippen molar-refractivity contribution in [2.24, 2.45) is 10.9 Å². The van der Waals surface area contributed by atoms with Gasteiger partial charge in [-0.25, -0.2) is 23.5 Å². The molecule has 1 aromatic carbocycles. The second-order valence-corrected chi connectivity index (χ2v) is 9.31. The number of allylic oxidation sites excluding steroid dienone is 1. The number of thiazole rings is 1. The molecule has 3 heterocycles. The molecule has 1 aliphatic carbocycles. The molecule has 2 aromatic heterocycles. The summed E-state index contributed by atoms with van der Waals surface area (Å²) in [6.45, 7) is 0. The van der Waals surface area contributed by atoms with E-state index in [1.165, 1.54) is 24.5 Å². The summed E-state index contributed by atoms with van der Waals surface area (Å²) in [7, 11) is 1.19. The van der Waals surface area contributed by atoms with Crippen molar-refractivity contribution in [1.82, 2.24) is 15.3 Å². The summed E-state index contributed by atoms with van der Waals surface area (Å²) in [5, 5.41) is 16.1. The molecule has 186 valence electrons. The molecule has 0 saturated carbocycles. The Morgan fingerprint density at radius 3 is 2.78 bits per heavy atom. The van der Waals surface area contributed by atoms with E-state index in [0.717, 1.165) is 6.07 Å². The molecule has 1 N–H and O–H groups in total. The van der Waals surface area contributed by atoms with E-state index >= 15 is 0 Å². The second-order valence-electron chi connectivity index (χ2n) is 8.04. The number of aromatic nitrogens is 2. The normalized spacial score (nSPS) is 18.9. The summed E-state index contributed by atoms with van der Waals surface area (Å²) in [5.74, 6) is -4.92. The van der Waals surface area contributed by atoms with Gasteiger partial charge in [-0.3, -0.25) is 4.99 Å². The molecular weight excluding hydrogens is 525 g/mol. The number of benzene rings is 1. The van der Waals surface area contributed by atoms with Crippen molar-refractivity contribution in [3.63, 3.8) is 0 Å². The van der Waals surface area contributed by atoms with E-state index in [0.29, 0.717) is 40.8 Å². The minimum atomic E-state index is -1.53. The Balaban J connectivity index is 0.00000320. The maximum Gasteiger partial charge on any atom is 1.00 e. The molecule has 37 heavy (non-hydrogen) atoms. The van der Waals surface area contributed by atoms with Gasteiger partial charge >= 0.3 is 24.8 Å².